The lowest BCUT2D eigenvalue weighted by atomic mass is 10.1. The zero-order valence-corrected chi connectivity index (χ0v) is 14.1. The van der Waals surface area contributed by atoms with Gasteiger partial charge in [-0.2, -0.15) is 0 Å². The first-order valence-electron chi connectivity index (χ1n) is 7.51. The van der Waals surface area contributed by atoms with E-state index in [-0.39, 0.29) is 35.4 Å². The summed E-state index contributed by atoms with van der Waals surface area (Å²) in [5, 5.41) is 2.95. The Hall–Kier alpha value is -1.66. The molecule has 126 valence electrons. The van der Waals surface area contributed by atoms with Gasteiger partial charge in [-0.3, -0.25) is 9.59 Å². The lowest BCUT2D eigenvalue weighted by molar-refractivity contribution is -0.129. The number of likely N-dealkylation sites (tertiary alicyclic amines) is 1. The zero-order valence-electron chi connectivity index (χ0n) is 13.3. The summed E-state index contributed by atoms with van der Waals surface area (Å²) in [7, 11) is 3.87. The molecule has 2 amide bonds. The van der Waals surface area contributed by atoms with Gasteiger partial charge in [-0.1, -0.05) is 17.7 Å². The Kier molecular flexibility index (Phi) is 5.96. The fourth-order valence-corrected chi connectivity index (χ4v) is 2.74. The summed E-state index contributed by atoms with van der Waals surface area (Å²) >= 11 is 5.93. The lowest BCUT2D eigenvalue weighted by Gasteiger charge is -2.19. The van der Waals surface area contributed by atoms with Gasteiger partial charge < -0.3 is 15.1 Å². The minimum absolute atomic E-state index is 0.0177. The van der Waals surface area contributed by atoms with Crippen LogP contribution in [0.2, 0.25) is 5.02 Å². The van der Waals surface area contributed by atoms with Gasteiger partial charge >= 0.3 is 0 Å². The van der Waals surface area contributed by atoms with Crippen molar-refractivity contribution < 1.29 is 14.0 Å². The van der Waals surface area contributed by atoms with E-state index in [0.717, 1.165) is 6.54 Å². The highest BCUT2D eigenvalue weighted by Gasteiger charge is 2.33. The third-order valence-corrected chi connectivity index (χ3v) is 4.26. The molecule has 1 fully saturated rings. The second kappa shape index (κ2) is 7.75. The smallest absolute Gasteiger partial charge is 0.225 e. The first-order chi connectivity index (χ1) is 10.9. The summed E-state index contributed by atoms with van der Waals surface area (Å²) in [5.41, 5.74) is 0.260. The van der Waals surface area contributed by atoms with Crippen LogP contribution in [0.1, 0.15) is 12.0 Å². The Bertz CT molecular complexity index is 574. The third-order valence-electron chi connectivity index (χ3n) is 3.90. The van der Waals surface area contributed by atoms with Crippen molar-refractivity contribution >= 4 is 23.4 Å². The number of benzene rings is 1. The number of hydrogen-bond donors (Lipinski definition) is 1. The van der Waals surface area contributed by atoms with Crippen molar-refractivity contribution in [1.82, 2.24) is 15.1 Å². The van der Waals surface area contributed by atoms with Gasteiger partial charge in [0, 0.05) is 43.2 Å². The Balaban J connectivity index is 1.88. The molecule has 0 aromatic heterocycles. The Morgan fingerprint density at radius 1 is 1.48 bits per heavy atom. The van der Waals surface area contributed by atoms with E-state index >= 15 is 0 Å². The SMILES string of the molecule is CN(C)CCN1C[C@@H](C(=O)NCc2c(F)cccc2Cl)CC1=O. The van der Waals surface area contributed by atoms with Crippen molar-refractivity contribution in [3.05, 3.63) is 34.6 Å². The molecule has 1 aromatic carbocycles. The Morgan fingerprint density at radius 2 is 2.22 bits per heavy atom. The van der Waals surface area contributed by atoms with E-state index < -0.39 is 11.7 Å². The van der Waals surface area contributed by atoms with E-state index in [1.807, 2.05) is 19.0 Å². The van der Waals surface area contributed by atoms with E-state index in [0.29, 0.717) is 13.1 Å². The van der Waals surface area contributed by atoms with E-state index in [9.17, 15) is 14.0 Å². The van der Waals surface area contributed by atoms with Crippen LogP contribution < -0.4 is 5.32 Å². The number of rotatable bonds is 6. The van der Waals surface area contributed by atoms with Crippen LogP contribution in [0.25, 0.3) is 0 Å². The second-order valence-corrected chi connectivity index (χ2v) is 6.37. The van der Waals surface area contributed by atoms with Gasteiger partial charge in [0.25, 0.3) is 0 Å². The standard InChI is InChI=1S/C16H21ClFN3O2/c1-20(2)6-7-21-10-11(8-15(21)22)16(23)19-9-12-13(17)4-3-5-14(12)18/h3-5,11H,6-10H2,1-2H3,(H,19,23)/t11-/m0/s1. The largest absolute Gasteiger partial charge is 0.352 e. The van der Waals surface area contributed by atoms with Gasteiger partial charge in [-0.25, -0.2) is 4.39 Å². The molecule has 0 bridgehead atoms. The Morgan fingerprint density at radius 3 is 2.87 bits per heavy atom. The molecule has 1 heterocycles. The summed E-state index contributed by atoms with van der Waals surface area (Å²) in [6.45, 7) is 1.79. The predicted molar refractivity (Wildman–Crippen MR) is 86.5 cm³/mol. The zero-order chi connectivity index (χ0) is 17.0. The maximum atomic E-state index is 13.7. The van der Waals surface area contributed by atoms with E-state index in [1.54, 1.807) is 11.0 Å². The number of carbonyl (C=O) groups is 2. The number of halogens is 2. The van der Waals surface area contributed by atoms with Crippen LogP contribution in [-0.4, -0.2) is 55.3 Å². The van der Waals surface area contributed by atoms with Crippen molar-refractivity contribution in [2.75, 3.05) is 33.7 Å². The van der Waals surface area contributed by atoms with Crippen LogP contribution in [0.15, 0.2) is 18.2 Å². The van der Waals surface area contributed by atoms with Crippen LogP contribution in [0.3, 0.4) is 0 Å². The van der Waals surface area contributed by atoms with Crippen molar-refractivity contribution in [2.24, 2.45) is 5.92 Å². The fourth-order valence-electron chi connectivity index (χ4n) is 2.51. The molecule has 7 heteroatoms. The highest BCUT2D eigenvalue weighted by atomic mass is 35.5. The first-order valence-corrected chi connectivity index (χ1v) is 7.89. The molecule has 1 aliphatic heterocycles. The summed E-state index contributed by atoms with van der Waals surface area (Å²) < 4.78 is 13.7. The summed E-state index contributed by atoms with van der Waals surface area (Å²) in [6, 6.07) is 4.39. The molecular weight excluding hydrogens is 321 g/mol. The van der Waals surface area contributed by atoms with Gasteiger partial charge in [-0.05, 0) is 26.2 Å². The van der Waals surface area contributed by atoms with E-state index in [2.05, 4.69) is 5.32 Å². The third kappa shape index (κ3) is 4.65. The molecule has 1 aliphatic rings. The number of amides is 2. The van der Waals surface area contributed by atoms with Gasteiger partial charge in [0.2, 0.25) is 11.8 Å². The molecule has 1 aromatic rings. The second-order valence-electron chi connectivity index (χ2n) is 5.96. The van der Waals surface area contributed by atoms with Crippen LogP contribution in [0, 0.1) is 11.7 Å². The molecule has 0 aliphatic carbocycles. The fraction of sp³-hybridized carbons (Fsp3) is 0.500. The van der Waals surface area contributed by atoms with Crippen LogP contribution in [-0.2, 0) is 16.1 Å². The van der Waals surface area contributed by atoms with Gasteiger partial charge in [0.15, 0.2) is 0 Å². The molecule has 1 saturated heterocycles. The van der Waals surface area contributed by atoms with Gasteiger partial charge in [-0.15, -0.1) is 0 Å². The molecule has 0 unspecified atom stereocenters. The predicted octanol–water partition coefficient (Wildman–Crippen LogP) is 1.51. The highest BCUT2D eigenvalue weighted by molar-refractivity contribution is 6.31. The number of likely N-dealkylation sites (N-methyl/N-ethyl adjacent to an activating group) is 1. The van der Waals surface area contributed by atoms with Crippen LogP contribution in [0.5, 0.6) is 0 Å². The minimum atomic E-state index is -0.451. The lowest BCUT2D eigenvalue weighted by Crippen LogP contribution is -2.35. The molecule has 0 saturated carbocycles. The monoisotopic (exact) mass is 341 g/mol. The van der Waals surface area contributed by atoms with Crippen LogP contribution >= 0.6 is 11.6 Å². The van der Waals surface area contributed by atoms with E-state index in [4.69, 9.17) is 11.6 Å². The van der Waals surface area contributed by atoms with Crippen molar-refractivity contribution in [1.29, 1.82) is 0 Å². The average molecular weight is 342 g/mol. The van der Waals surface area contributed by atoms with Crippen molar-refractivity contribution in [3.8, 4) is 0 Å². The normalized spacial score (nSPS) is 17.9. The molecule has 0 spiro atoms. The van der Waals surface area contributed by atoms with Gasteiger partial charge in [0.05, 0.1) is 5.92 Å². The maximum Gasteiger partial charge on any atom is 0.225 e. The highest BCUT2D eigenvalue weighted by Crippen LogP contribution is 2.20. The molecule has 23 heavy (non-hydrogen) atoms. The molecule has 0 radical (unpaired) electrons. The number of carbonyl (C=O) groups excluding carboxylic acids is 2. The topological polar surface area (TPSA) is 52.6 Å². The molecular formula is C16H21ClFN3O2. The van der Waals surface area contributed by atoms with Crippen molar-refractivity contribution in [3.63, 3.8) is 0 Å². The minimum Gasteiger partial charge on any atom is -0.352 e. The summed E-state index contributed by atoms with van der Waals surface area (Å²) in [4.78, 5) is 27.8. The molecule has 1 atom stereocenters. The quantitative estimate of drug-likeness (QED) is 0.853. The van der Waals surface area contributed by atoms with E-state index in [1.165, 1.54) is 12.1 Å². The number of nitrogens with one attached hydrogen (secondary N) is 1. The van der Waals surface area contributed by atoms with Crippen LogP contribution in [0.4, 0.5) is 4.39 Å². The van der Waals surface area contributed by atoms with Gasteiger partial charge in [0.1, 0.15) is 5.82 Å². The first kappa shape index (κ1) is 17.7. The number of nitrogens with zero attached hydrogens (tertiary/aromatic N) is 2. The van der Waals surface area contributed by atoms with Crippen molar-refractivity contribution in [2.45, 2.75) is 13.0 Å². The molecule has 5 nitrogen and oxygen atoms in total. The summed E-state index contributed by atoms with van der Waals surface area (Å²) in [5.74, 6) is -1.11. The summed E-state index contributed by atoms with van der Waals surface area (Å²) in [6.07, 6.45) is 0.199. The average Bonchev–Trinajstić information content (AvgIpc) is 2.85. The Labute approximate surface area is 140 Å². The maximum absolute atomic E-state index is 13.7. The molecule has 1 N–H and O–H groups in total. The number of hydrogen-bond acceptors (Lipinski definition) is 3. The molecule has 2 rings (SSSR count).